The number of hydrogen-bond acceptors (Lipinski definition) is 2. The summed E-state index contributed by atoms with van der Waals surface area (Å²) >= 11 is 0. The molecule has 1 fully saturated rings. The van der Waals surface area contributed by atoms with Crippen molar-refractivity contribution in [2.75, 3.05) is 13.1 Å². The van der Waals surface area contributed by atoms with Gasteiger partial charge in [0.05, 0.1) is 0 Å². The van der Waals surface area contributed by atoms with Crippen LogP contribution in [0.3, 0.4) is 0 Å². The van der Waals surface area contributed by atoms with Crippen molar-refractivity contribution in [2.24, 2.45) is 11.7 Å². The summed E-state index contributed by atoms with van der Waals surface area (Å²) in [4.78, 5) is 13.7. The Morgan fingerprint density at radius 3 is 2.87 bits per heavy atom. The second-order valence-electron chi connectivity index (χ2n) is 4.80. The highest BCUT2D eigenvalue weighted by atomic mass is 16.2. The van der Waals surface area contributed by atoms with Gasteiger partial charge in [-0.2, -0.15) is 0 Å². The van der Waals surface area contributed by atoms with Crippen LogP contribution in [-0.4, -0.2) is 29.9 Å². The van der Waals surface area contributed by atoms with Crippen LogP contribution in [0.5, 0.6) is 0 Å². The Bertz CT molecular complexity index is 204. The molecule has 0 aromatic carbocycles. The van der Waals surface area contributed by atoms with Crippen LogP contribution < -0.4 is 5.73 Å². The van der Waals surface area contributed by atoms with E-state index in [9.17, 15) is 4.79 Å². The first kappa shape index (κ1) is 12.5. The monoisotopic (exact) mass is 212 g/mol. The van der Waals surface area contributed by atoms with E-state index in [0.717, 1.165) is 38.3 Å². The summed E-state index contributed by atoms with van der Waals surface area (Å²) in [6, 6.07) is 0.0941. The van der Waals surface area contributed by atoms with E-state index in [2.05, 4.69) is 6.92 Å². The number of amides is 1. The Balaban J connectivity index is 2.44. The average Bonchev–Trinajstić information content (AvgIpc) is 2.32. The minimum absolute atomic E-state index is 0.0941. The maximum atomic E-state index is 11.8. The van der Waals surface area contributed by atoms with Crippen molar-refractivity contribution in [1.82, 2.24) is 4.90 Å². The van der Waals surface area contributed by atoms with Crippen molar-refractivity contribution in [2.45, 2.75) is 52.0 Å². The highest BCUT2D eigenvalue weighted by Gasteiger charge is 2.22. The van der Waals surface area contributed by atoms with Gasteiger partial charge in [0.1, 0.15) is 0 Å². The lowest BCUT2D eigenvalue weighted by Crippen LogP contribution is -2.39. The minimum atomic E-state index is 0.0941. The molecule has 88 valence electrons. The molecule has 2 atom stereocenters. The molecule has 1 amide bonds. The topological polar surface area (TPSA) is 46.3 Å². The van der Waals surface area contributed by atoms with E-state index in [1.165, 1.54) is 12.8 Å². The molecule has 0 aromatic heterocycles. The molecule has 1 unspecified atom stereocenters. The van der Waals surface area contributed by atoms with Crippen LogP contribution in [0.4, 0.5) is 0 Å². The first-order chi connectivity index (χ1) is 7.13. The lowest BCUT2D eigenvalue weighted by atomic mass is 9.96. The fraction of sp³-hybridized carbons (Fsp3) is 0.917. The number of carbonyl (C=O) groups is 1. The van der Waals surface area contributed by atoms with Gasteiger partial charge < -0.3 is 10.6 Å². The van der Waals surface area contributed by atoms with Crippen molar-refractivity contribution in [3.05, 3.63) is 0 Å². The molecule has 0 spiro atoms. The molecule has 0 radical (unpaired) electrons. The van der Waals surface area contributed by atoms with Crippen LogP contribution >= 0.6 is 0 Å². The van der Waals surface area contributed by atoms with Gasteiger partial charge in [-0.1, -0.05) is 19.8 Å². The van der Waals surface area contributed by atoms with Crippen molar-refractivity contribution in [3.63, 3.8) is 0 Å². The van der Waals surface area contributed by atoms with E-state index in [4.69, 9.17) is 5.73 Å². The third-order valence-electron chi connectivity index (χ3n) is 3.13. The maximum Gasteiger partial charge on any atom is 0.222 e. The lowest BCUT2D eigenvalue weighted by Gasteiger charge is -2.22. The lowest BCUT2D eigenvalue weighted by molar-refractivity contribution is -0.130. The van der Waals surface area contributed by atoms with Crippen LogP contribution in [0, 0.1) is 5.92 Å². The van der Waals surface area contributed by atoms with Gasteiger partial charge in [-0.3, -0.25) is 4.79 Å². The van der Waals surface area contributed by atoms with Crippen LogP contribution in [0.1, 0.15) is 46.0 Å². The van der Waals surface area contributed by atoms with Crippen molar-refractivity contribution in [3.8, 4) is 0 Å². The van der Waals surface area contributed by atoms with E-state index in [1.807, 2.05) is 11.8 Å². The molecule has 15 heavy (non-hydrogen) atoms. The number of hydrogen-bond donors (Lipinski definition) is 1. The summed E-state index contributed by atoms with van der Waals surface area (Å²) in [7, 11) is 0. The Morgan fingerprint density at radius 1 is 1.53 bits per heavy atom. The molecule has 0 bridgehead atoms. The largest absolute Gasteiger partial charge is 0.341 e. The second-order valence-corrected chi connectivity index (χ2v) is 4.80. The van der Waals surface area contributed by atoms with Crippen LogP contribution in [-0.2, 0) is 4.79 Å². The Kier molecular flexibility index (Phi) is 5.09. The third-order valence-corrected chi connectivity index (χ3v) is 3.13. The molecule has 3 heteroatoms. The zero-order chi connectivity index (χ0) is 11.3. The molecule has 3 nitrogen and oxygen atoms in total. The molecule has 0 aromatic rings. The molecule has 1 rings (SSSR count). The van der Waals surface area contributed by atoms with Gasteiger partial charge in [0.25, 0.3) is 0 Å². The minimum Gasteiger partial charge on any atom is -0.341 e. The molecule has 0 aliphatic carbocycles. The van der Waals surface area contributed by atoms with Crippen molar-refractivity contribution in [1.29, 1.82) is 0 Å². The number of nitrogens with zero attached hydrogens (tertiary/aromatic N) is 1. The quantitative estimate of drug-likeness (QED) is 0.772. The molecule has 2 N–H and O–H groups in total. The Labute approximate surface area is 93.0 Å². The van der Waals surface area contributed by atoms with E-state index in [0.29, 0.717) is 5.91 Å². The maximum absolute atomic E-state index is 11.8. The van der Waals surface area contributed by atoms with Crippen LogP contribution in [0.25, 0.3) is 0 Å². The van der Waals surface area contributed by atoms with Crippen molar-refractivity contribution < 1.29 is 4.79 Å². The molecule has 1 saturated heterocycles. The highest BCUT2D eigenvalue weighted by molar-refractivity contribution is 5.76. The van der Waals surface area contributed by atoms with Gasteiger partial charge in [-0.15, -0.1) is 0 Å². The van der Waals surface area contributed by atoms with Gasteiger partial charge in [0.2, 0.25) is 5.91 Å². The van der Waals surface area contributed by atoms with E-state index in [-0.39, 0.29) is 6.04 Å². The normalized spacial score (nSPS) is 25.1. The molecule has 1 aliphatic rings. The predicted molar refractivity (Wildman–Crippen MR) is 62.5 cm³/mol. The third kappa shape index (κ3) is 4.20. The fourth-order valence-electron chi connectivity index (χ4n) is 2.33. The second kappa shape index (κ2) is 6.11. The first-order valence-electron chi connectivity index (χ1n) is 6.16. The summed E-state index contributed by atoms with van der Waals surface area (Å²) in [5.74, 6) is 1.04. The van der Waals surface area contributed by atoms with Gasteiger partial charge in [-0.25, -0.2) is 0 Å². The summed E-state index contributed by atoms with van der Waals surface area (Å²) in [6.07, 6.45) is 5.44. The SMILES string of the molecule is CCCC1CCC(=O)N(C[C@@H](C)N)CC1. The van der Waals surface area contributed by atoms with Gasteiger partial charge >= 0.3 is 0 Å². The van der Waals surface area contributed by atoms with Crippen molar-refractivity contribution >= 4 is 5.91 Å². The van der Waals surface area contributed by atoms with E-state index in [1.54, 1.807) is 0 Å². The number of nitrogens with two attached hydrogens (primary N) is 1. The number of rotatable bonds is 4. The summed E-state index contributed by atoms with van der Waals surface area (Å²) in [5.41, 5.74) is 5.74. The van der Waals surface area contributed by atoms with Crippen LogP contribution in [0.2, 0.25) is 0 Å². The smallest absolute Gasteiger partial charge is 0.222 e. The fourth-order valence-corrected chi connectivity index (χ4v) is 2.33. The molecular weight excluding hydrogens is 188 g/mol. The van der Waals surface area contributed by atoms with Gasteiger partial charge in [0, 0.05) is 25.6 Å². The zero-order valence-electron chi connectivity index (χ0n) is 10.0. The molecule has 0 saturated carbocycles. The predicted octanol–water partition coefficient (Wildman–Crippen LogP) is 1.76. The Hall–Kier alpha value is -0.570. The molecule has 1 heterocycles. The summed E-state index contributed by atoms with van der Waals surface area (Å²) in [5, 5.41) is 0. The van der Waals surface area contributed by atoms with E-state index >= 15 is 0 Å². The summed E-state index contributed by atoms with van der Waals surface area (Å²) < 4.78 is 0. The highest BCUT2D eigenvalue weighted by Crippen LogP contribution is 2.22. The standard InChI is InChI=1S/C12H24N2O/c1-3-4-11-5-6-12(15)14(8-7-11)9-10(2)13/h10-11H,3-9,13H2,1-2H3/t10-,11?/m1/s1. The first-order valence-corrected chi connectivity index (χ1v) is 6.16. The number of carbonyl (C=O) groups excluding carboxylic acids is 1. The van der Waals surface area contributed by atoms with Crippen LogP contribution in [0.15, 0.2) is 0 Å². The van der Waals surface area contributed by atoms with E-state index < -0.39 is 0 Å². The Morgan fingerprint density at radius 2 is 2.27 bits per heavy atom. The summed E-state index contributed by atoms with van der Waals surface area (Å²) in [6.45, 7) is 5.80. The molecule has 1 aliphatic heterocycles. The average molecular weight is 212 g/mol. The van der Waals surface area contributed by atoms with Gasteiger partial charge in [0.15, 0.2) is 0 Å². The molecular formula is C12H24N2O. The zero-order valence-corrected chi connectivity index (χ0v) is 10.0. The number of likely N-dealkylation sites (tertiary alicyclic amines) is 1. The van der Waals surface area contributed by atoms with Gasteiger partial charge in [-0.05, 0) is 25.7 Å².